The van der Waals surface area contributed by atoms with Crippen molar-refractivity contribution in [3.05, 3.63) is 0 Å². The van der Waals surface area contributed by atoms with Gasteiger partial charge in [-0.25, -0.2) is 0 Å². The molecule has 1 aliphatic carbocycles. The van der Waals surface area contributed by atoms with Crippen molar-refractivity contribution in [1.82, 2.24) is 5.32 Å². The highest BCUT2D eigenvalue weighted by molar-refractivity contribution is 6.18. The predicted octanol–water partition coefficient (Wildman–Crippen LogP) is 1.28. The van der Waals surface area contributed by atoms with Gasteiger partial charge < -0.3 is 10.4 Å². The Balaban J connectivity index is 2.09. The second-order valence-electron chi connectivity index (χ2n) is 3.92. The Kier molecular flexibility index (Phi) is 5.26. The number of hydrogen-bond acceptors (Lipinski definition) is 2. The zero-order chi connectivity index (χ0) is 10.4. The Morgan fingerprint density at radius 3 is 2.57 bits per heavy atom. The van der Waals surface area contributed by atoms with Gasteiger partial charge in [-0.2, -0.15) is 0 Å². The summed E-state index contributed by atoms with van der Waals surface area (Å²) in [6.45, 7) is 0.739. The summed E-state index contributed by atoms with van der Waals surface area (Å²) in [5, 5.41) is 12.1. The van der Waals surface area contributed by atoms with Gasteiger partial charge >= 0.3 is 0 Å². The van der Waals surface area contributed by atoms with Gasteiger partial charge in [0.15, 0.2) is 0 Å². The minimum Gasteiger partial charge on any atom is -0.393 e. The molecule has 14 heavy (non-hydrogen) atoms. The van der Waals surface area contributed by atoms with E-state index in [1.54, 1.807) is 0 Å². The molecule has 1 saturated carbocycles. The van der Waals surface area contributed by atoms with Crippen molar-refractivity contribution >= 4 is 17.5 Å². The van der Waals surface area contributed by atoms with E-state index in [4.69, 9.17) is 11.6 Å². The predicted molar refractivity (Wildman–Crippen MR) is 56.3 cm³/mol. The van der Waals surface area contributed by atoms with Crippen LogP contribution in [0.4, 0.5) is 0 Å². The van der Waals surface area contributed by atoms with Gasteiger partial charge in [-0.3, -0.25) is 4.79 Å². The van der Waals surface area contributed by atoms with Crippen LogP contribution >= 0.6 is 11.6 Å². The molecule has 0 aromatic carbocycles. The molecule has 0 radical (unpaired) electrons. The average Bonchev–Trinajstić information content (AvgIpc) is 2.17. The maximum absolute atomic E-state index is 11.1. The summed E-state index contributed by atoms with van der Waals surface area (Å²) in [6, 6.07) is 0. The monoisotopic (exact) mass is 219 g/mol. The Morgan fingerprint density at radius 2 is 2.00 bits per heavy atom. The average molecular weight is 220 g/mol. The van der Waals surface area contributed by atoms with Crippen LogP contribution in [0.2, 0.25) is 0 Å². The Labute approximate surface area is 89.8 Å². The molecule has 0 spiro atoms. The van der Waals surface area contributed by atoms with Crippen molar-refractivity contribution in [2.75, 3.05) is 12.4 Å². The smallest absolute Gasteiger partial charge is 0.221 e. The molecule has 0 saturated heterocycles. The van der Waals surface area contributed by atoms with Gasteiger partial charge in [-0.05, 0) is 31.6 Å². The molecule has 1 aliphatic rings. The third kappa shape index (κ3) is 4.29. The van der Waals surface area contributed by atoms with Crippen LogP contribution in [0.3, 0.4) is 0 Å². The van der Waals surface area contributed by atoms with Gasteiger partial charge in [0.1, 0.15) is 0 Å². The van der Waals surface area contributed by atoms with Gasteiger partial charge in [0.05, 0.1) is 6.10 Å². The zero-order valence-electron chi connectivity index (χ0n) is 8.34. The first-order chi connectivity index (χ1) is 6.72. The molecule has 82 valence electrons. The molecule has 4 heteroatoms. The molecule has 1 amide bonds. The van der Waals surface area contributed by atoms with Crippen LogP contribution in [0.5, 0.6) is 0 Å². The first-order valence-electron chi connectivity index (χ1n) is 5.23. The number of aliphatic hydroxyl groups excluding tert-OH is 1. The molecule has 3 nitrogen and oxygen atoms in total. The maximum atomic E-state index is 11.1. The zero-order valence-corrected chi connectivity index (χ0v) is 9.09. The van der Waals surface area contributed by atoms with Crippen LogP contribution in [0, 0.1) is 5.92 Å². The summed E-state index contributed by atoms with van der Waals surface area (Å²) in [5.41, 5.74) is 0. The molecule has 0 aliphatic heterocycles. The summed E-state index contributed by atoms with van der Waals surface area (Å²) in [6.07, 6.45) is 4.05. The number of hydrogen-bond donors (Lipinski definition) is 2. The highest BCUT2D eigenvalue weighted by atomic mass is 35.5. The minimum absolute atomic E-state index is 0.0334. The van der Waals surface area contributed by atoms with Gasteiger partial charge in [0.2, 0.25) is 5.91 Å². The lowest BCUT2D eigenvalue weighted by Gasteiger charge is -2.25. The summed E-state index contributed by atoms with van der Waals surface area (Å²) < 4.78 is 0. The number of halogens is 1. The second kappa shape index (κ2) is 6.25. The van der Waals surface area contributed by atoms with Crippen LogP contribution in [0.25, 0.3) is 0 Å². The minimum atomic E-state index is -0.121. The maximum Gasteiger partial charge on any atom is 0.221 e. The van der Waals surface area contributed by atoms with Crippen LogP contribution in [-0.2, 0) is 4.79 Å². The standard InChI is InChI=1S/C10H18ClNO2/c11-6-5-10(14)12-7-8-1-3-9(13)4-2-8/h8-9,13H,1-7H2,(H,12,14). The number of aliphatic hydroxyl groups is 1. The topological polar surface area (TPSA) is 49.3 Å². The summed E-state index contributed by atoms with van der Waals surface area (Å²) in [7, 11) is 0. The molecule has 2 N–H and O–H groups in total. The number of alkyl halides is 1. The van der Waals surface area contributed by atoms with Crippen molar-refractivity contribution in [2.45, 2.75) is 38.2 Å². The fourth-order valence-electron chi connectivity index (χ4n) is 1.78. The fraction of sp³-hybridized carbons (Fsp3) is 0.900. The quantitative estimate of drug-likeness (QED) is 0.700. The van der Waals surface area contributed by atoms with E-state index in [0.717, 1.165) is 32.2 Å². The Bertz CT molecular complexity index is 179. The third-order valence-electron chi connectivity index (χ3n) is 2.73. The molecule has 0 aromatic heterocycles. The first-order valence-corrected chi connectivity index (χ1v) is 5.76. The van der Waals surface area contributed by atoms with Gasteiger partial charge in [0, 0.05) is 18.8 Å². The molecule has 0 heterocycles. The SMILES string of the molecule is O=C(CCCl)NCC1CCC(O)CC1. The lowest BCUT2D eigenvalue weighted by molar-refractivity contribution is -0.120. The fourth-order valence-corrected chi connectivity index (χ4v) is 1.95. The molecule has 0 atom stereocenters. The van der Waals surface area contributed by atoms with Crippen molar-refractivity contribution in [2.24, 2.45) is 5.92 Å². The van der Waals surface area contributed by atoms with Gasteiger partial charge in [0.25, 0.3) is 0 Å². The van der Waals surface area contributed by atoms with Crippen molar-refractivity contribution in [3.63, 3.8) is 0 Å². The van der Waals surface area contributed by atoms with Crippen molar-refractivity contribution in [1.29, 1.82) is 0 Å². The number of amides is 1. The van der Waals surface area contributed by atoms with E-state index in [0.29, 0.717) is 18.2 Å². The lowest BCUT2D eigenvalue weighted by atomic mass is 9.87. The highest BCUT2D eigenvalue weighted by Gasteiger charge is 2.19. The Morgan fingerprint density at radius 1 is 1.36 bits per heavy atom. The molecule has 1 rings (SSSR count). The van der Waals surface area contributed by atoms with E-state index in [-0.39, 0.29) is 12.0 Å². The molecule has 0 unspecified atom stereocenters. The molecule has 1 fully saturated rings. The highest BCUT2D eigenvalue weighted by Crippen LogP contribution is 2.23. The molecular weight excluding hydrogens is 202 g/mol. The molecule has 0 bridgehead atoms. The van der Waals surface area contributed by atoms with E-state index >= 15 is 0 Å². The van der Waals surface area contributed by atoms with Crippen LogP contribution in [0.15, 0.2) is 0 Å². The van der Waals surface area contributed by atoms with E-state index in [9.17, 15) is 9.90 Å². The molecular formula is C10H18ClNO2. The van der Waals surface area contributed by atoms with Crippen molar-refractivity contribution in [3.8, 4) is 0 Å². The van der Waals surface area contributed by atoms with Crippen LogP contribution < -0.4 is 5.32 Å². The number of rotatable bonds is 4. The number of carbonyl (C=O) groups excluding carboxylic acids is 1. The van der Waals surface area contributed by atoms with E-state index < -0.39 is 0 Å². The number of carbonyl (C=O) groups is 1. The number of nitrogens with one attached hydrogen (secondary N) is 1. The van der Waals surface area contributed by atoms with E-state index in [1.807, 2.05) is 0 Å². The molecule has 0 aromatic rings. The van der Waals surface area contributed by atoms with Crippen LogP contribution in [-0.4, -0.2) is 29.5 Å². The van der Waals surface area contributed by atoms with E-state index in [2.05, 4.69) is 5.32 Å². The third-order valence-corrected chi connectivity index (χ3v) is 2.91. The van der Waals surface area contributed by atoms with Gasteiger partial charge in [-0.15, -0.1) is 11.6 Å². The summed E-state index contributed by atoms with van der Waals surface area (Å²) >= 11 is 5.44. The second-order valence-corrected chi connectivity index (χ2v) is 4.30. The largest absolute Gasteiger partial charge is 0.393 e. The lowest BCUT2D eigenvalue weighted by Crippen LogP contribution is -2.32. The van der Waals surface area contributed by atoms with Crippen molar-refractivity contribution < 1.29 is 9.90 Å². The van der Waals surface area contributed by atoms with E-state index in [1.165, 1.54) is 0 Å². The van der Waals surface area contributed by atoms with Gasteiger partial charge in [-0.1, -0.05) is 0 Å². The normalized spacial score (nSPS) is 27.3. The first kappa shape index (κ1) is 11.8. The summed E-state index contributed by atoms with van der Waals surface area (Å²) in [4.78, 5) is 11.1. The Hall–Kier alpha value is -0.280. The van der Waals surface area contributed by atoms with Crippen LogP contribution in [0.1, 0.15) is 32.1 Å². The summed E-state index contributed by atoms with van der Waals surface area (Å²) in [5.74, 6) is 0.957.